The molecular formula is C14H23N7O6S. The van der Waals surface area contributed by atoms with Gasteiger partial charge in [-0.05, 0) is 0 Å². The zero-order valence-electron chi connectivity index (χ0n) is 15.7. The van der Waals surface area contributed by atoms with Crippen LogP contribution in [0, 0.1) is 0 Å². The Morgan fingerprint density at radius 1 is 1.46 bits per heavy atom. The van der Waals surface area contributed by atoms with Gasteiger partial charge in [-0.3, -0.25) is 14.0 Å². The maximum atomic E-state index is 12.8. The fraction of sp³-hybridized carbons (Fsp3) is 0.643. The van der Waals surface area contributed by atoms with Gasteiger partial charge in [-0.15, -0.1) is 4.28 Å². The molecule has 3 heterocycles. The molecule has 28 heavy (non-hydrogen) atoms. The number of nitrogens with zero attached hydrogens (tertiary/aromatic N) is 5. The van der Waals surface area contributed by atoms with E-state index in [0.29, 0.717) is 41.6 Å². The second-order valence-corrected chi connectivity index (χ2v) is 7.75. The van der Waals surface area contributed by atoms with Gasteiger partial charge < -0.3 is 20.9 Å². The first-order chi connectivity index (χ1) is 13.1. The number of nitrogens with one attached hydrogen (secondary N) is 1. The summed E-state index contributed by atoms with van der Waals surface area (Å²) < 4.78 is 37.6. The Labute approximate surface area is 161 Å². The summed E-state index contributed by atoms with van der Waals surface area (Å²) in [5.74, 6) is -0.369. The molecule has 1 saturated heterocycles. The highest BCUT2D eigenvalue weighted by atomic mass is 32.3. The van der Waals surface area contributed by atoms with E-state index < -0.39 is 28.5 Å². The minimum atomic E-state index is -4.94. The van der Waals surface area contributed by atoms with Crippen molar-refractivity contribution in [3.05, 3.63) is 17.0 Å². The minimum absolute atomic E-state index is 0.0151. The number of amides is 3. The fourth-order valence-corrected chi connectivity index (χ4v) is 3.96. The predicted octanol–water partition coefficient (Wildman–Crippen LogP) is -1.88. The topological polar surface area (TPSA) is 163 Å². The number of hydrogen-bond acceptors (Lipinski definition) is 8. The minimum Gasteiger partial charge on any atom is -0.347 e. The second kappa shape index (κ2) is 7.29. The lowest BCUT2D eigenvalue weighted by Crippen LogP contribution is -2.44. The largest absolute Gasteiger partial charge is 0.418 e. The molecule has 3 amide bonds. The summed E-state index contributed by atoms with van der Waals surface area (Å²) in [6, 6.07) is -2.68. The van der Waals surface area contributed by atoms with Crippen molar-refractivity contribution < 1.29 is 26.8 Å². The van der Waals surface area contributed by atoms with Crippen LogP contribution in [0.4, 0.5) is 4.79 Å². The summed E-state index contributed by atoms with van der Waals surface area (Å²) in [7, 11) is -0.181. The number of carbonyl (C=O) groups excluding carboxylic acids is 2. The summed E-state index contributed by atoms with van der Waals surface area (Å²) in [5.41, 5.74) is 7.00. The molecular weight excluding hydrogens is 394 g/mol. The highest BCUT2D eigenvalue weighted by Gasteiger charge is 2.55. The third-order valence-corrected chi connectivity index (χ3v) is 5.01. The zero-order chi connectivity index (χ0) is 20.8. The first-order valence-corrected chi connectivity index (χ1v) is 9.87. The quantitative estimate of drug-likeness (QED) is 0.340. The van der Waals surface area contributed by atoms with E-state index in [4.69, 9.17) is 10.3 Å². The van der Waals surface area contributed by atoms with Crippen molar-refractivity contribution in [2.24, 2.45) is 12.8 Å². The summed E-state index contributed by atoms with van der Waals surface area (Å²) in [4.78, 5) is 28.2. The number of urea groups is 1. The maximum Gasteiger partial charge on any atom is 0.418 e. The van der Waals surface area contributed by atoms with Crippen molar-refractivity contribution in [2.45, 2.75) is 18.6 Å². The number of aryl methyl sites for hydroxylation is 1. The number of nitrogens with two attached hydrogens (primary N) is 1. The molecule has 2 aliphatic rings. The first kappa shape index (κ1) is 20.5. The van der Waals surface area contributed by atoms with Crippen molar-refractivity contribution in [1.29, 1.82) is 0 Å². The number of hydrogen-bond donors (Lipinski definition) is 3. The van der Waals surface area contributed by atoms with Gasteiger partial charge in [0.2, 0.25) is 0 Å². The van der Waals surface area contributed by atoms with Crippen LogP contribution in [-0.4, -0.2) is 83.3 Å². The van der Waals surface area contributed by atoms with Gasteiger partial charge in [0.1, 0.15) is 6.04 Å². The lowest BCUT2D eigenvalue weighted by molar-refractivity contribution is -0.133. The lowest BCUT2D eigenvalue weighted by Gasteiger charge is -2.32. The fourth-order valence-electron chi connectivity index (χ4n) is 3.59. The summed E-state index contributed by atoms with van der Waals surface area (Å²) >= 11 is 0. The van der Waals surface area contributed by atoms with E-state index in [9.17, 15) is 18.0 Å². The number of likely N-dealkylation sites (N-methyl/N-ethyl adjacent to an activating group) is 1. The SMILES string of the molecule is CN(C)C(=O)C1c2c(c(CNCCN)nn2C)C2CN1C(=O)N2OS(=O)(=O)O. The van der Waals surface area contributed by atoms with Gasteiger partial charge >= 0.3 is 16.4 Å². The molecule has 3 rings (SSSR count). The van der Waals surface area contributed by atoms with Crippen LogP contribution >= 0.6 is 0 Å². The van der Waals surface area contributed by atoms with Crippen LogP contribution in [0.3, 0.4) is 0 Å². The van der Waals surface area contributed by atoms with E-state index in [-0.39, 0.29) is 12.5 Å². The highest BCUT2D eigenvalue weighted by Crippen LogP contribution is 2.45. The van der Waals surface area contributed by atoms with Crippen molar-refractivity contribution >= 4 is 22.3 Å². The molecule has 1 aromatic rings. The molecule has 156 valence electrons. The van der Waals surface area contributed by atoms with Crippen molar-refractivity contribution in [3.8, 4) is 0 Å². The zero-order valence-corrected chi connectivity index (χ0v) is 16.5. The Morgan fingerprint density at radius 3 is 2.71 bits per heavy atom. The Balaban J connectivity index is 2.12. The van der Waals surface area contributed by atoms with Gasteiger partial charge in [-0.25, -0.2) is 4.79 Å². The van der Waals surface area contributed by atoms with E-state index in [1.807, 2.05) is 0 Å². The number of hydroxylamine groups is 2. The molecule has 1 fully saturated rings. The highest BCUT2D eigenvalue weighted by molar-refractivity contribution is 7.80. The lowest BCUT2D eigenvalue weighted by atomic mass is 9.94. The van der Waals surface area contributed by atoms with Gasteiger partial charge in [-0.2, -0.15) is 18.6 Å². The summed E-state index contributed by atoms with van der Waals surface area (Å²) in [5, 5.41) is 8.11. The van der Waals surface area contributed by atoms with E-state index in [1.165, 1.54) is 14.5 Å². The molecule has 2 unspecified atom stereocenters. The molecule has 0 radical (unpaired) electrons. The van der Waals surface area contributed by atoms with Gasteiger partial charge in [0.05, 0.1) is 17.9 Å². The Morgan fingerprint density at radius 2 is 2.14 bits per heavy atom. The van der Waals surface area contributed by atoms with Crippen LogP contribution in [0.1, 0.15) is 29.0 Å². The molecule has 0 spiro atoms. The first-order valence-electron chi connectivity index (χ1n) is 8.51. The molecule has 14 heteroatoms. The third-order valence-electron chi connectivity index (χ3n) is 4.66. The van der Waals surface area contributed by atoms with Gasteiger partial charge in [0.25, 0.3) is 5.91 Å². The van der Waals surface area contributed by atoms with Crippen LogP contribution in [0.2, 0.25) is 0 Å². The molecule has 0 aromatic carbocycles. The normalized spacial score (nSPS) is 21.2. The third kappa shape index (κ3) is 3.44. The monoisotopic (exact) mass is 417 g/mol. The van der Waals surface area contributed by atoms with E-state index in [1.54, 1.807) is 21.1 Å². The average Bonchev–Trinajstić information content (AvgIpc) is 3.05. The molecule has 13 nitrogen and oxygen atoms in total. The van der Waals surface area contributed by atoms with Crippen LogP contribution in [-0.2, 0) is 33.1 Å². The van der Waals surface area contributed by atoms with E-state index >= 15 is 0 Å². The van der Waals surface area contributed by atoms with Crippen molar-refractivity contribution in [2.75, 3.05) is 33.7 Å². The van der Waals surface area contributed by atoms with Gasteiger partial charge in [0, 0.05) is 46.3 Å². The number of aromatic nitrogens is 2. The molecule has 4 N–H and O–H groups in total. The van der Waals surface area contributed by atoms with E-state index in [2.05, 4.69) is 14.7 Å². The average molecular weight is 417 g/mol. The van der Waals surface area contributed by atoms with E-state index in [0.717, 1.165) is 0 Å². The maximum absolute atomic E-state index is 12.8. The van der Waals surface area contributed by atoms with Crippen LogP contribution in [0.15, 0.2) is 0 Å². The molecule has 2 aliphatic heterocycles. The smallest absolute Gasteiger partial charge is 0.347 e. The Hall–Kier alpha value is -2.26. The molecule has 2 atom stereocenters. The van der Waals surface area contributed by atoms with Crippen LogP contribution in [0.5, 0.6) is 0 Å². The van der Waals surface area contributed by atoms with Gasteiger partial charge in [0.15, 0.2) is 6.04 Å². The molecule has 1 aromatic heterocycles. The number of carbonyl (C=O) groups is 2. The molecule has 0 aliphatic carbocycles. The standard InChI is InChI=1S/C14H23N7O6S/c1-18(2)13(22)12-11-10(8(17-19(11)3)6-16-5-4-15)9-7-20(12)14(23)21(9)27-28(24,25)26/h9,12,16H,4-7,15H2,1-3H3,(H,24,25,26). The predicted molar refractivity (Wildman–Crippen MR) is 94.7 cm³/mol. The summed E-state index contributed by atoms with van der Waals surface area (Å²) in [6.07, 6.45) is 0. The van der Waals surface area contributed by atoms with Crippen LogP contribution in [0.25, 0.3) is 0 Å². The number of rotatable bonds is 7. The molecule has 2 bridgehead atoms. The second-order valence-electron chi connectivity index (χ2n) is 6.75. The molecule has 0 saturated carbocycles. The summed E-state index contributed by atoms with van der Waals surface area (Å²) in [6.45, 7) is 1.24. The Kier molecular flexibility index (Phi) is 5.33. The Bertz CT molecular complexity index is 898. The van der Waals surface area contributed by atoms with Gasteiger partial charge in [-0.1, -0.05) is 0 Å². The van der Waals surface area contributed by atoms with Crippen molar-refractivity contribution in [3.63, 3.8) is 0 Å². The number of fused-ring (bicyclic) bond motifs is 4. The van der Waals surface area contributed by atoms with Crippen LogP contribution < -0.4 is 11.1 Å². The van der Waals surface area contributed by atoms with Crippen molar-refractivity contribution in [1.82, 2.24) is 30.0 Å².